The number of aliphatic carboxylic acids is 1. The van der Waals surface area contributed by atoms with Crippen molar-refractivity contribution in [2.45, 2.75) is 57.9 Å². The van der Waals surface area contributed by atoms with E-state index >= 15 is 0 Å². The van der Waals surface area contributed by atoms with Crippen molar-refractivity contribution in [2.24, 2.45) is 5.92 Å². The first kappa shape index (κ1) is 16.5. The van der Waals surface area contributed by atoms with Crippen LogP contribution in [-0.2, 0) is 16.0 Å². The summed E-state index contributed by atoms with van der Waals surface area (Å²) in [5.74, 6) is -1.70. The molecule has 1 amide bonds. The Labute approximate surface area is 131 Å². The van der Waals surface area contributed by atoms with E-state index in [0.717, 1.165) is 36.8 Å². The van der Waals surface area contributed by atoms with Gasteiger partial charge in [-0.05, 0) is 31.7 Å². The summed E-state index contributed by atoms with van der Waals surface area (Å²) in [5.41, 5.74) is 2.11. The molecule has 0 saturated heterocycles. The summed E-state index contributed by atoms with van der Waals surface area (Å²) in [7, 11) is 0. The molecule has 0 unspecified atom stereocenters. The fraction of sp³-hybridized carbons (Fsp3) is 0.556. The van der Waals surface area contributed by atoms with E-state index in [0.29, 0.717) is 6.42 Å². The minimum absolute atomic E-state index is 0.0553. The molecule has 1 aliphatic carbocycles. The Kier molecular flexibility index (Phi) is 5.99. The molecule has 1 aromatic carbocycles. The van der Waals surface area contributed by atoms with Gasteiger partial charge in [-0.1, -0.05) is 49.1 Å². The van der Waals surface area contributed by atoms with Crippen molar-refractivity contribution in [3.05, 3.63) is 35.4 Å². The third kappa shape index (κ3) is 5.17. The Morgan fingerprint density at radius 2 is 1.82 bits per heavy atom. The summed E-state index contributed by atoms with van der Waals surface area (Å²) in [6.45, 7) is 2.00. The lowest BCUT2D eigenvalue weighted by atomic mass is 9.93. The molecule has 0 aromatic heterocycles. The number of nitrogens with one attached hydrogen (secondary N) is 1. The minimum atomic E-state index is -0.903. The van der Waals surface area contributed by atoms with E-state index in [2.05, 4.69) is 5.32 Å². The zero-order chi connectivity index (χ0) is 15.9. The van der Waals surface area contributed by atoms with Crippen LogP contribution in [0.2, 0.25) is 0 Å². The van der Waals surface area contributed by atoms with E-state index in [1.54, 1.807) is 0 Å². The molecule has 0 radical (unpaired) electrons. The van der Waals surface area contributed by atoms with Crippen LogP contribution in [-0.4, -0.2) is 23.0 Å². The van der Waals surface area contributed by atoms with Crippen molar-refractivity contribution >= 4 is 11.9 Å². The minimum Gasteiger partial charge on any atom is -0.481 e. The molecular weight excluding hydrogens is 278 g/mol. The number of carboxylic acid groups (broad SMARTS) is 1. The summed E-state index contributed by atoms with van der Waals surface area (Å²) < 4.78 is 0. The van der Waals surface area contributed by atoms with Gasteiger partial charge in [-0.3, -0.25) is 9.59 Å². The zero-order valence-corrected chi connectivity index (χ0v) is 13.2. The Balaban J connectivity index is 1.88. The maximum absolute atomic E-state index is 12.1. The van der Waals surface area contributed by atoms with Crippen LogP contribution in [0.3, 0.4) is 0 Å². The van der Waals surface area contributed by atoms with Gasteiger partial charge in [0.2, 0.25) is 5.91 Å². The molecule has 2 N–H and O–H groups in total. The molecule has 0 bridgehead atoms. The topological polar surface area (TPSA) is 66.4 Å². The highest BCUT2D eigenvalue weighted by Gasteiger charge is 2.23. The molecule has 4 nitrogen and oxygen atoms in total. The van der Waals surface area contributed by atoms with Crippen LogP contribution >= 0.6 is 0 Å². The smallest absolute Gasteiger partial charge is 0.307 e. The number of benzene rings is 1. The van der Waals surface area contributed by atoms with Gasteiger partial charge in [0.15, 0.2) is 0 Å². The standard InChI is InChI=1S/C18H25NO3/c1-13-7-9-14(10-8-13)11-15(18(21)22)12-17(20)19-16-5-3-2-4-6-16/h7-10,15-16H,2-6,11-12H2,1H3,(H,19,20)(H,21,22)/t15-/m1/s1. The zero-order valence-electron chi connectivity index (χ0n) is 13.2. The van der Waals surface area contributed by atoms with Crippen LogP contribution in [0.15, 0.2) is 24.3 Å². The Hall–Kier alpha value is -1.84. The molecular formula is C18H25NO3. The maximum Gasteiger partial charge on any atom is 0.307 e. The lowest BCUT2D eigenvalue weighted by Gasteiger charge is -2.23. The van der Waals surface area contributed by atoms with Crippen molar-refractivity contribution < 1.29 is 14.7 Å². The normalized spacial score (nSPS) is 17.0. The van der Waals surface area contributed by atoms with E-state index in [1.807, 2.05) is 31.2 Å². The largest absolute Gasteiger partial charge is 0.481 e. The molecule has 22 heavy (non-hydrogen) atoms. The van der Waals surface area contributed by atoms with Gasteiger partial charge in [0, 0.05) is 12.5 Å². The van der Waals surface area contributed by atoms with E-state index < -0.39 is 11.9 Å². The summed E-state index contributed by atoms with van der Waals surface area (Å²) >= 11 is 0. The molecule has 0 spiro atoms. The van der Waals surface area contributed by atoms with E-state index in [-0.39, 0.29) is 18.4 Å². The van der Waals surface area contributed by atoms with E-state index in [9.17, 15) is 14.7 Å². The Morgan fingerprint density at radius 3 is 2.41 bits per heavy atom. The summed E-state index contributed by atoms with van der Waals surface area (Å²) in [6, 6.07) is 8.04. The molecule has 120 valence electrons. The summed E-state index contributed by atoms with van der Waals surface area (Å²) in [6.07, 6.45) is 6.02. The molecule has 1 fully saturated rings. The first-order valence-corrected chi connectivity index (χ1v) is 8.12. The van der Waals surface area contributed by atoms with Gasteiger partial charge >= 0.3 is 5.97 Å². The van der Waals surface area contributed by atoms with Crippen LogP contribution in [0.4, 0.5) is 0 Å². The maximum atomic E-state index is 12.1. The van der Waals surface area contributed by atoms with Crippen molar-refractivity contribution in [3.63, 3.8) is 0 Å². The molecule has 4 heteroatoms. The average Bonchev–Trinajstić information content (AvgIpc) is 2.49. The van der Waals surface area contributed by atoms with Crippen molar-refractivity contribution in [1.29, 1.82) is 0 Å². The van der Waals surface area contributed by atoms with Crippen molar-refractivity contribution in [3.8, 4) is 0 Å². The van der Waals surface area contributed by atoms with Crippen molar-refractivity contribution in [2.75, 3.05) is 0 Å². The number of amides is 1. The second-order valence-electron chi connectivity index (χ2n) is 6.33. The predicted octanol–water partition coefficient (Wildman–Crippen LogP) is 3.08. The van der Waals surface area contributed by atoms with Crippen LogP contribution in [0.5, 0.6) is 0 Å². The Bertz CT molecular complexity index is 504. The van der Waals surface area contributed by atoms with Crippen LogP contribution < -0.4 is 5.32 Å². The van der Waals surface area contributed by atoms with Gasteiger partial charge in [0.25, 0.3) is 0 Å². The number of carboxylic acids is 1. The lowest BCUT2D eigenvalue weighted by molar-refractivity contribution is -0.144. The predicted molar refractivity (Wildman–Crippen MR) is 85.6 cm³/mol. The summed E-state index contributed by atoms with van der Waals surface area (Å²) in [5, 5.41) is 12.4. The fourth-order valence-corrected chi connectivity index (χ4v) is 3.01. The first-order chi connectivity index (χ1) is 10.5. The lowest BCUT2D eigenvalue weighted by Crippen LogP contribution is -2.38. The van der Waals surface area contributed by atoms with Crippen LogP contribution in [0.1, 0.15) is 49.7 Å². The highest BCUT2D eigenvalue weighted by Crippen LogP contribution is 2.19. The molecule has 1 aliphatic rings. The second-order valence-corrected chi connectivity index (χ2v) is 6.33. The van der Waals surface area contributed by atoms with Gasteiger partial charge in [-0.15, -0.1) is 0 Å². The first-order valence-electron chi connectivity index (χ1n) is 8.12. The summed E-state index contributed by atoms with van der Waals surface area (Å²) in [4.78, 5) is 23.5. The average molecular weight is 303 g/mol. The molecule has 0 aliphatic heterocycles. The molecule has 2 rings (SSSR count). The SMILES string of the molecule is Cc1ccc(C[C@H](CC(=O)NC2CCCCC2)C(=O)O)cc1. The molecule has 0 heterocycles. The quantitative estimate of drug-likeness (QED) is 0.848. The third-order valence-electron chi connectivity index (χ3n) is 4.35. The van der Waals surface area contributed by atoms with Gasteiger partial charge in [0.1, 0.15) is 0 Å². The number of carbonyl (C=O) groups excluding carboxylic acids is 1. The number of carbonyl (C=O) groups is 2. The third-order valence-corrected chi connectivity index (χ3v) is 4.35. The van der Waals surface area contributed by atoms with Crippen molar-refractivity contribution in [1.82, 2.24) is 5.32 Å². The van der Waals surface area contributed by atoms with Crippen LogP contribution in [0, 0.1) is 12.8 Å². The van der Waals surface area contributed by atoms with E-state index in [4.69, 9.17) is 0 Å². The van der Waals surface area contributed by atoms with Crippen LogP contribution in [0.25, 0.3) is 0 Å². The number of aryl methyl sites for hydroxylation is 1. The Morgan fingerprint density at radius 1 is 1.18 bits per heavy atom. The highest BCUT2D eigenvalue weighted by atomic mass is 16.4. The monoisotopic (exact) mass is 303 g/mol. The van der Waals surface area contributed by atoms with E-state index in [1.165, 1.54) is 6.42 Å². The molecule has 1 saturated carbocycles. The fourth-order valence-electron chi connectivity index (χ4n) is 3.01. The number of hydrogen-bond donors (Lipinski definition) is 2. The van der Waals surface area contributed by atoms with Gasteiger partial charge in [-0.2, -0.15) is 0 Å². The molecule has 1 atom stereocenters. The molecule has 1 aromatic rings. The second kappa shape index (κ2) is 7.97. The number of hydrogen-bond acceptors (Lipinski definition) is 2. The highest BCUT2D eigenvalue weighted by molar-refractivity contribution is 5.82. The van der Waals surface area contributed by atoms with Gasteiger partial charge < -0.3 is 10.4 Å². The van der Waals surface area contributed by atoms with Gasteiger partial charge in [0.05, 0.1) is 5.92 Å². The number of rotatable bonds is 6. The van der Waals surface area contributed by atoms with Gasteiger partial charge in [-0.25, -0.2) is 0 Å².